The van der Waals surface area contributed by atoms with Crippen molar-refractivity contribution < 1.29 is 19.0 Å². The summed E-state index contributed by atoms with van der Waals surface area (Å²) in [7, 11) is 1.59. The highest BCUT2D eigenvalue weighted by Gasteiger charge is 2.27. The van der Waals surface area contributed by atoms with Crippen LogP contribution < -0.4 is 15.4 Å². The van der Waals surface area contributed by atoms with Gasteiger partial charge in [-0.1, -0.05) is 0 Å². The van der Waals surface area contributed by atoms with Gasteiger partial charge in [0.1, 0.15) is 11.4 Å². The number of carbonyl (C=O) groups is 1. The second-order valence-corrected chi connectivity index (χ2v) is 9.86. The minimum absolute atomic E-state index is 0.364. The Bertz CT molecular complexity index is 922. The molecule has 1 aliphatic carbocycles. The van der Waals surface area contributed by atoms with Gasteiger partial charge in [-0.05, 0) is 78.5 Å². The maximum atomic E-state index is 12.2. The Labute approximate surface area is 190 Å². The van der Waals surface area contributed by atoms with Crippen LogP contribution in [0.25, 0.3) is 10.9 Å². The average molecular weight is 445 g/mol. The molecule has 32 heavy (non-hydrogen) atoms. The molecule has 2 N–H and O–H groups in total. The van der Waals surface area contributed by atoms with E-state index in [4.69, 9.17) is 19.3 Å². The lowest BCUT2D eigenvalue weighted by Crippen LogP contribution is -2.36. The zero-order valence-corrected chi connectivity index (χ0v) is 19.6. The molecular formula is C24H36N4O4. The van der Waals surface area contributed by atoms with E-state index in [-0.39, 0.29) is 0 Å². The van der Waals surface area contributed by atoms with Crippen molar-refractivity contribution in [3.05, 3.63) is 18.3 Å². The number of benzene rings is 1. The van der Waals surface area contributed by atoms with Gasteiger partial charge in [-0.25, -0.2) is 4.79 Å². The fourth-order valence-electron chi connectivity index (χ4n) is 4.59. The van der Waals surface area contributed by atoms with Crippen LogP contribution in [0.4, 0.5) is 10.5 Å². The molecule has 2 fully saturated rings. The molecule has 176 valence electrons. The van der Waals surface area contributed by atoms with Crippen LogP contribution in [0.15, 0.2) is 18.3 Å². The third-order valence-corrected chi connectivity index (χ3v) is 6.17. The first-order valence-electron chi connectivity index (χ1n) is 11.7. The summed E-state index contributed by atoms with van der Waals surface area (Å²) in [5.41, 5.74) is 0.862. The average Bonchev–Trinajstić information content (AvgIpc) is 3.16. The van der Waals surface area contributed by atoms with Crippen molar-refractivity contribution in [2.24, 2.45) is 0 Å². The Morgan fingerprint density at radius 2 is 1.78 bits per heavy atom. The highest BCUT2D eigenvalue weighted by Crippen LogP contribution is 2.34. The third-order valence-electron chi connectivity index (χ3n) is 6.17. The molecule has 1 aromatic heterocycles. The number of amides is 1. The SMILES string of the molecule is COc1cc2nn([C@H]3CC[C@H](OC4CCNCC4)CC3)cc2cc1NC(=O)OC(C)(C)C. The topological polar surface area (TPSA) is 86.6 Å². The summed E-state index contributed by atoms with van der Waals surface area (Å²) in [6.45, 7) is 7.64. The van der Waals surface area contributed by atoms with Crippen LogP contribution >= 0.6 is 0 Å². The summed E-state index contributed by atoms with van der Waals surface area (Å²) in [6.07, 6.45) is 8.82. The van der Waals surface area contributed by atoms with Crippen LogP contribution in [0.5, 0.6) is 5.75 Å². The number of aromatic nitrogens is 2. The quantitative estimate of drug-likeness (QED) is 0.698. The zero-order chi connectivity index (χ0) is 22.7. The molecule has 1 saturated carbocycles. The van der Waals surface area contributed by atoms with E-state index >= 15 is 0 Å². The molecule has 0 unspecified atom stereocenters. The van der Waals surface area contributed by atoms with E-state index in [2.05, 4.69) is 21.5 Å². The second-order valence-electron chi connectivity index (χ2n) is 9.86. The normalized spacial score (nSPS) is 22.6. The van der Waals surface area contributed by atoms with E-state index in [9.17, 15) is 4.79 Å². The summed E-state index contributed by atoms with van der Waals surface area (Å²) in [5, 5.41) is 12.0. The van der Waals surface area contributed by atoms with Crippen LogP contribution in [0.2, 0.25) is 0 Å². The number of piperidine rings is 1. The Morgan fingerprint density at radius 3 is 2.44 bits per heavy atom. The summed E-state index contributed by atoms with van der Waals surface area (Å²) < 4.78 is 19.3. The van der Waals surface area contributed by atoms with Gasteiger partial charge in [-0.2, -0.15) is 5.10 Å². The highest BCUT2D eigenvalue weighted by molar-refractivity contribution is 5.93. The molecule has 8 nitrogen and oxygen atoms in total. The molecule has 8 heteroatoms. The molecule has 1 aromatic carbocycles. The van der Waals surface area contributed by atoms with Gasteiger partial charge < -0.3 is 19.5 Å². The predicted molar refractivity (Wildman–Crippen MR) is 124 cm³/mol. The molecule has 4 rings (SSSR count). The number of anilines is 1. The minimum atomic E-state index is -0.567. The number of rotatable bonds is 5. The summed E-state index contributed by atoms with van der Waals surface area (Å²) in [5.74, 6) is 0.563. The molecular weight excluding hydrogens is 408 g/mol. The van der Waals surface area contributed by atoms with E-state index in [0.717, 1.165) is 62.5 Å². The number of hydrogen-bond acceptors (Lipinski definition) is 6. The molecule has 1 saturated heterocycles. The van der Waals surface area contributed by atoms with Crippen molar-refractivity contribution in [2.45, 2.75) is 83.1 Å². The number of nitrogens with zero attached hydrogens (tertiary/aromatic N) is 2. The van der Waals surface area contributed by atoms with Crippen molar-refractivity contribution >= 4 is 22.7 Å². The van der Waals surface area contributed by atoms with Gasteiger partial charge >= 0.3 is 6.09 Å². The molecule has 0 bridgehead atoms. The monoisotopic (exact) mass is 444 g/mol. The maximum absolute atomic E-state index is 12.2. The van der Waals surface area contributed by atoms with E-state index in [1.165, 1.54) is 0 Å². The van der Waals surface area contributed by atoms with Gasteiger partial charge in [0.25, 0.3) is 0 Å². The molecule has 0 atom stereocenters. The number of hydrogen-bond donors (Lipinski definition) is 2. The van der Waals surface area contributed by atoms with Crippen LogP contribution in [0.1, 0.15) is 65.3 Å². The van der Waals surface area contributed by atoms with E-state index in [1.807, 2.05) is 32.9 Å². The van der Waals surface area contributed by atoms with Crippen molar-refractivity contribution in [2.75, 3.05) is 25.5 Å². The largest absolute Gasteiger partial charge is 0.494 e. The first-order valence-corrected chi connectivity index (χ1v) is 11.7. The number of ether oxygens (including phenoxy) is 3. The molecule has 0 radical (unpaired) electrons. The fraction of sp³-hybridized carbons (Fsp3) is 0.667. The van der Waals surface area contributed by atoms with E-state index < -0.39 is 11.7 Å². The van der Waals surface area contributed by atoms with Crippen molar-refractivity contribution in [3.63, 3.8) is 0 Å². The van der Waals surface area contributed by atoms with Gasteiger partial charge in [0, 0.05) is 17.6 Å². The van der Waals surface area contributed by atoms with E-state index in [0.29, 0.717) is 29.7 Å². The van der Waals surface area contributed by atoms with Crippen molar-refractivity contribution in [3.8, 4) is 5.75 Å². The number of fused-ring (bicyclic) bond motifs is 1. The Balaban J connectivity index is 1.41. The van der Waals surface area contributed by atoms with Crippen molar-refractivity contribution in [1.29, 1.82) is 0 Å². The molecule has 1 aliphatic heterocycles. The lowest BCUT2D eigenvalue weighted by Gasteiger charge is -2.33. The number of carbonyl (C=O) groups excluding carboxylic acids is 1. The summed E-state index contributed by atoms with van der Waals surface area (Å²) in [6, 6.07) is 4.13. The van der Waals surface area contributed by atoms with Crippen molar-refractivity contribution in [1.82, 2.24) is 15.1 Å². The van der Waals surface area contributed by atoms with Gasteiger partial charge in [-0.15, -0.1) is 0 Å². The zero-order valence-electron chi connectivity index (χ0n) is 19.6. The molecule has 0 spiro atoms. The van der Waals surface area contributed by atoms with Gasteiger partial charge in [0.2, 0.25) is 0 Å². The molecule has 2 aliphatic rings. The Hall–Kier alpha value is -2.32. The minimum Gasteiger partial charge on any atom is -0.494 e. The highest BCUT2D eigenvalue weighted by atomic mass is 16.6. The maximum Gasteiger partial charge on any atom is 0.412 e. The van der Waals surface area contributed by atoms with Crippen LogP contribution in [-0.4, -0.2) is 53.9 Å². The lowest BCUT2D eigenvalue weighted by atomic mass is 9.92. The second kappa shape index (κ2) is 9.67. The number of nitrogens with one attached hydrogen (secondary N) is 2. The van der Waals surface area contributed by atoms with Gasteiger partial charge in [0.05, 0.1) is 36.6 Å². The fourth-order valence-corrected chi connectivity index (χ4v) is 4.59. The van der Waals surface area contributed by atoms with Crippen LogP contribution in [0.3, 0.4) is 0 Å². The summed E-state index contributed by atoms with van der Waals surface area (Å²) in [4.78, 5) is 12.2. The standard InChI is InChI=1S/C24H36N4O4/c1-24(2,3)32-23(29)26-21-13-16-15-28(27-20(16)14-22(21)30-4)17-5-7-18(8-6-17)31-19-9-11-25-12-10-19/h13-15,17-19,25H,5-12H2,1-4H3,(H,26,29)/t17-,18-. The smallest absolute Gasteiger partial charge is 0.412 e. The first kappa shape index (κ1) is 22.9. The number of methoxy groups -OCH3 is 1. The lowest BCUT2D eigenvalue weighted by molar-refractivity contribution is -0.0475. The summed E-state index contributed by atoms with van der Waals surface area (Å²) >= 11 is 0. The predicted octanol–water partition coefficient (Wildman–Crippen LogP) is 4.64. The van der Waals surface area contributed by atoms with Gasteiger partial charge in [0.15, 0.2) is 0 Å². The third kappa shape index (κ3) is 5.72. The molecule has 1 amide bonds. The molecule has 2 aromatic rings. The van der Waals surface area contributed by atoms with E-state index in [1.54, 1.807) is 7.11 Å². The van der Waals surface area contributed by atoms with Crippen LogP contribution in [0, 0.1) is 0 Å². The first-order chi connectivity index (χ1) is 15.3. The Morgan fingerprint density at radius 1 is 1.09 bits per heavy atom. The van der Waals surface area contributed by atoms with Crippen LogP contribution in [-0.2, 0) is 9.47 Å². The molecule has 2 heterocycles. The van der Waals surface area contributed by atoms with Gasteiger partial charge in [-0.3, -0.25) is 10.00 Å². The Kier molecular flexibility index (Phi) is 6.90.